The van der Waals surface area contributed by atoms with E-state index in [1.807, 2.05) is 0 Å². The third-order valence-electron chi connectivity index (χ3n) is 4.94. The third kappa shape index (κ3) is 5.19. The Hall–Kier alpha value is -1.11. The van der Waals surface area contributed by atoms with Gasteiger partial charge in [0.2, 0.25) is 0 Å². The van der Waals surface area contributed by atoms with Gasteiger partial charge in [-0.15, -0.1) is 0 Å². The van der Waals surface area contributed by atoms with E-state index in [0.29, 0.717) is 6.04 Å². The summed E-state index contributed by atoms with van der Waals surface area (Å²) in [5, 5.41) is 3.40. The highest BCUT2D eigenvalue weighted by molar-refractivity contribution is 9.10. The summed E-state index contributed by atoms with van der Waals surface area (Å²) in [4.78, 5) is 9.58. The van der Waals surface area contributed by atoms with Crippen LogP contribution in [0.25, 0.3) is 0 Å². The molecule has 2 fully saturated rings. The number of guanidine groups is 1. The molecule has 0 radical (unpaired) electrons. The van der Waals surface area contributed by atoms with Gasteiger partial charge in [-0.05, 0) is 44.0 Å². The van der Waals surface area contributed by atoms with Crippen molar-refractivity contribution in [3.63, 3.8) is 0 Å². The lowest BCUT2D eigenvalue weighted by Gasteiger charge is -2.34. The number of fused-ring (bicyclic) bond motifs is 1. The second-order valence-electron chi connectivity index (χ2n) is 6.92. The van der Waals surface area contributed by atoms with Gasteiger partial charge in [-0.1, -0.05) is 28.1 Å². The summed E-state index contributed by atoms with van der Waals surface area (Å²) in [6.07, 6.45) is 2.81. The average Bonchev–Trinajstić information content (AvgIpc) is 3.08. The third-order valence-corrected chi connectivity index (χ3v) is 5.46. The van der Waals surface area contributed by atoms with E-state index < -0.39 is 0 Å². The fourth-order valence-corrected chi connectivity index (χ4v) is 3.86. The van der Waals surface area contributed by atoms with E-state index in [-0.39, 0.29) is 6.10 Å². The maximum absolute atomic E-state index is 6.03. The molecular formula is C19H29BrN4O. The van der Waals surface area contributed by atoms with Crippen LogP contribution in [0.5, 0.6) is 0 Å². The minimum atomic E-state index is 0.212. The smallest absolute Gasteiger partial charge is 0.194 e. The lowest BCUT2D eigenvalue weighted by Crippen LogP contribution is -2.47. The molecule has 3 rings (SSSR count). The molecule has 2 atom stereocenters. The quantitative estimate of drug-likeness (QED) is 0.600. The van der Waals surface area contributed by atoms with Crippen molar-refractivity contribution < 1.29 is 4.74 Å². The molecule has 138 valence electrons. The highest BCUT2D eigenvalue weighted by atomic mass is 79.9. The van der Waals surface area contributed by atoms with Gasteiger partial charge in [0.25, 0.3) is 0 Å². The first kappa shape index (κ1) is 18.7. The number of nitrogens with zero attached hydrogens (tertiary/aromatic N) is 3. The van der Waals surface area contributed by atoms with Crippen LogP contribution in [-0.4, -0.2) is 67.7 Å². The predicted molar refractivity (Wildman–Crippen MR) is 106 cm³/mol. The summed E-state index contributed by atoms with van der Waals surface area (Å²) >= 11 is 3.49. The Balaban J connectivity index is 1.57. The number of morpholine rings is 1. The summed E-state index contributed by atoms with van der Waals surface area (Å²) in [6.45, 7) is 7.63. The molecular weight excluding hydrogens is 380 g/mol. The van der Waals surface area contributed by atoms with Crippen molar-refractivity contribution in [2.45, 2.75) is 38.5 Å². The zero-order chi connectivity index (χ0) is 17.6. The largest absolute Gasteiger partial charge is 0.373 e. The van der Waals surface area contributed by atoms with Crippen molar-refractivity contribution >= 4 is 21.9 Å². The second-order valence-corrected chi connectivity index (χ2v) is 7.84. The second kappa shape index (κ2) is 9.01. The van der Waals surface area contributed by atoms with Gasteiger partial charge in [0, 0.05) is 37.2 Å². The number of benzene rings is 1. The number of nitrogens with one attached hydrogen (secondary N) is 1. The molecule has 0 spiro atoms. The minimum absolute atomic E-state index is 0.212. The van der Waals surface area contributed by atoms with Crippen molar-refractivity contribution in [3.8, 4) is 0 Å². The van der Waals surface area contributed by atoms with Gasteiger partial charge in [0.1, 0.15) is 0 Å². The Bertz CT molecular complexity index is 577. The molecule has 2 unspecified atom stereocenters. The molecule has 2 saturated heterocycles. The molecule has 1 aromatic rings. The molecule has 5 nitrogen and oxygen atoms in total. The van der Waals surface area contributed by atoms with Crippen molar-refractivity contribution in [3.05, 3.63) is 34.3 Å². The summed E-state index contributed by atoms with van der Waals surface area (Å²) < 4.78 is 7.14. The molecule has 0 aromatic heterocycles. The van der Waals surface area contributed by atoms with Crippen LogP contribution in [0.2, 0.25) is 0 Å². The first-order chi connectivity index (χ1) is 12.2. The SMILES string of the molecule is CCNC(=NCC1CN2CCCC2CO1)N(C)Cc1ccc(Br)cc1. The Morgan fingerprint density at radius 2 is 2.20 bits per heavy atom. The lowest BCUT2D eigenvalue weighted by atomic mass is 10.2. The van der Waals surface area contributed by atoms with Gasteiger partial charge < -0.3 is 15.0 Å². The van der Waals surface area contributed by atoms with Crippen LogP contribution in [0, 0.1) is 0 Å². The fourth-order valence-electron chi connectivity index (χ4n) is 3.59. The molecule has 0 bridgehead atoms. The molecule has 25 heavy (non-hydrogen) atoms. The van der Waals surface area contributed by atoms with Gasteiger partial charge in [-0.25, -0.2) is 0 Å². The van der Waals surface area contributed by atoms with Gasteiger partial charge in [-0.3, -0.25) is 9.89 Å². The summed E-state index contributed by atoms with van der Waals surface area (Å²) in [7, 11) is 2.09. The van der Waals surface area contributed by atoms with E-state index in [4.69, 9.17) is 9.73 Å². The number of hydrogen-bond donors (Lipinski definition) is 1. The zero-order valence-corrected chi connectivity index (χ0v) is 16.8. The maximum Gasteiger partial charge on any atom is 0.194 e. The molecule has 0 amide bonds. The minimum Gasteiger partial charge on any atom is -0.373 e. The molecule has 2 aliphatic rings. The van der Waals surface area contributed by atoms with Crippen LogP contribution < -0.4 is 5.32 Å². The highest BCUT2D eigenvalue weighted by Gasteiger charge is 2.32. The van der Waals surface area contributed by atoms with E-state index in [1.54, 1.807) is 0 Å². The maximum atomic E-state index is 6.03. The molecule has 0 aliphatic carbocycles. The first-order valence-electron chi connectivity index (χ1n) is 9.25. The molecule has 6 heteroatoms. The first-order valence-corrected chi connectivity index (χ1v) is 10.0. The van der Waals surface area contributed by atoms with Crippen molar-refractivity contribution in [1.82, 2.24) is 15.1 Å². The van der Waals surface area contributed by atoms with Crippen LogP contribution >= 0.6 is 15.9 Å². The van der Waals surface area contributed by atoms with Gasteiger partial charge in [-0.2, -0.15) is 0 Å². The zero-order valence-electron chi connectivity index (χ0n) is 15.2. The van der Waals surface area contributed by atoms with E-state index in [2.05, 4.69) is 69.3 Å². The monoisotopic (exact) mass is 408 g/mol. The van der Waals surface area contributed by atoms with E-state index >= 15 is 0 Å². The van der Waals surface area contributed by atoms with E-state index in [0.717, 1.165) is 43.2 Å². The average molecular weight is 409 g/mol. The van der Waals surface area contributed by atoms with Crippen molar-refractivity contribution in [1.29, 1.82) is 0 Å². The van der Waals surface area contributed by atoms with Crippen LogP contribution in [0.15, 0.2) is 33.7 Å². The number of aliphatic imine (C=N–C) groups is 1. The van der Waals surface area contributed by atoms with E-state index in [9.17, 15) is 0 Å². The normalized spacial score (nSPS) is 24.2. The Labute approximate surface area is 159 Å². The van der Waals surface area contributed by atoms with Crippen molar-refractivity contribution in [2.24, 2.45) is 4.99 Å². The number of hydrogen-bond acceptors (Lipinski definition) is 3. The Kier molecular flexibility index (Phi) is 6.73. The summed E-state index contributed by atoms with van der Waals surface area (Å²) in [5.74, 6) is 0.942. The van der Waals surface area contributed by atoms with Gasteiger partial charge in [0.15, 0.2) is 5.96 Å². The number of halogens is 1. The molecule has 1 aromatic carbocycles. The molecule has 0 saturated carbocycles. The summed E-state index contributed by atoms with van der Waals surface area (Å²) in [6, 6.07) is 9.09. The van der Waals surface area contributed by atoms with Crippen LogP contribution in [-0.2, 0) is 11.3 Å². The fraction of sp³-hybridized carbons (Fsp3) is 0.632. The molecule has 2 aliphatic heterocycles. The van der Waals surface area contributed by atoms with Gasteiger partial charge >= 0.3 is 0 Å². The standard InChI is InChI=1S/C19H29BrN4O/c1-3-21-19(23(2)12-15-6-8-16(20)9-7-15)22-11-18-13-24-10-4-5-17(24)14-25-18/h6-9,17-18H,3-5,10-14H2,1-2H3,(H,21,22). The van der Waals surface area contributed by atoms with Crippen LogP contribution in [0.3, 0.4) is 0 Å². The van der Waals surface area contributed by atoms with Crippen molar-refractivity contribution in [2.75, 3.05) is 39.8 Å². The number of rotatable bonds is 5. The van der Waals surface area contributed by atoms with Gasteiger partial charge in [0.05, 0.1) is 19.3 Å². The Morgan fingerprint density at radius 1 is 1.40 bits per heavy atom. The topological polar surface area (TPSA) is 40.1 Å². The predicted octanol–water partition coefficient (Wildman–Crippen LogP) is 2.71. The van der Waals surface area contributed by atoms with Crippen LogP contribution in [0.4, 0.5) is 0 Å². The molecule has 2 heterocycles. The number of ether oxygens (including phenoxy) is 1. The summed E-state index contributed by atoms with van der Waals surface area (Å²) in [5.41, 5.74) is 1.27. The highest BCUT2D eigenvalue weighted by Crippen LogP contribution is 2.22. The lowest BCUT2D eigenvalue weighted by molar-refractivity contribution is -0.0432. The van der Waals surface area contributed by atoms with E-state index in [1.165, 1.54) is 24.9 Å². The molecule has 1 N–H and O–H groups in total. The Morgan fingerprint density at radius 3 is 2.96 bits per heavy atom. The van der Waals surface area contributed by atoms with Crippen LogP contribution in [0.1, 0.15) is 25.3 Å².